The molecule has 2 unspecified atom stereocenters. The maximum atomic E-state index is 7.40. The van der Waals surface area contributed by atoms with E-state index < -0.39 is 0 Å². The molecule has 0 bridgehead atoms. The SMILES string of the molecule is COC1CN(c2nccc(C(=N)N)n2)CCC1C. The van der Waals surface area contributed by atoms with Crippen LogP contribution in [0.1, 0.15) is 19.0 Å². The van der Waals surface area contributed by atoms with E-state index in [4.69, 9.17) is 15.9 Å². The van der Waals surface area contributed by atoms with Crippen molar-refractivity contribution in [2.45, 2.75) is 19.4 Å². The summed E-state index contributed by atoms with van der Waals surface area (Å²) in [5.41, 5.74) is 5.90. The summed E-state index contributed by atoms with van der Waals surface area (Å²) in [5.74, 6) is 1.13. The molecule has 1 saturated heterocycles. The fourth-order valence-corrected chi connectivity index (χ4v) is 2.17. The van der Waals surface area contributed by atoms with E-state index in [1.807, 2.05) is 0 Å². The topological polar surface area (TPSA) is 88.1 Å². The van der Waals surface area contributed by atoms with Gasteiger partial charge in [-0.3, -0.25) is 5.41 Å². The molecule has 0 aliphatic carbocycles. The van der Waals surface area contributed by atoms with Gasteiger partial charge in [0.25, 0.3) is 0 Å². The fraction of sp³-hybridized carbons (Fsp3) is 0.583. The molecule has 18 heavy (non-hydrogen) atoms. The van der Waals surface area contributed by atoms with E-state index in [1.165, 1.54) is 0 Å². The Morgan fingerprint density at radius 1 is 1.61 bits per heavy atom. The maximum absolute atomic E-state index is 7.40. The van der Waals surface area contributed by atoms with E-state index in [2.05, 4.69) is 21.8 Å². The normalized spacial score (nSPS) is 24.0. The van der Waals surface area contributed by atoms with Crippen molar-refractivity contribution in [3.8, 4) is 0 Å². The lowest BCUT2D eigenvalue weighted by atomic mass is 9.96. The summed E-state index contributed by atoms with van der Waals surface area (Å²) in [6, 6.07) is 1.65. The standard InChI is InChI=1S/C12H19N5O/c1-8-4-6-17(7-10(8)18-2)12-15-5-3-9(16-12)11(13)14/h3,5,8,10H,4,6-7H2,1-2H3,(H3,13,14). The Kier molecular flexibility index (Phi) is 3.76. The first-order chi connectivity index (χ1) is 8.61. The van der Waals surface area contributed by atoms with E-state index in [1.54, 1.807) is 19.4 Å². The molecule has 0 aromatic carbocycles. The van der Waals surface area contributed by atoms with Crippen molar-refractivity contribution in [3.63, 3.8) is 0 Å². The Balaban J connectivity index is 2.16. The highest BCUT2D eigenvalue weighted by molar-refractivity contribution is 5.93. The van der Waals surface area contributed by atoms with Gasteiger partial charge in [0.05, 0.1) is 6.10 Å². The molecular weight excluding hydrogens is 230 g/mol. The lowest BCUT2D eigenvalue weighted by Crippen LogP contribution is -2.44. The second-order valence-corrected chi connectivity index (χ2v) is 4.64. The largest absolute Gasteiger partial charge is 0.382 e. The van der Waals surface area contributed by atoms with Crippen LogP contribution in [0.3, 0.4) is 0 Å². The highest BCUT2D eigenvalue weighted by atomic mass is 16.5. The zero-order chi connectivity index (χ0) is 13.1. The summed E-state index contributed by atoms with van der Waals surface area (Å²) in [7, 11) is 1.73. The van der Waals surface area contributed by atoms with Crippen molar-refractivity contribution in [2.24, 2.45) is 11.7 Å². The summed E-state index contributed by atoms with van der Waals surface area (Å²) in [4.78, 5) is 10.6. The molecule has 1 fully saturated rings. The Labute approximate surface area is 107 Å². The minimum atomic E-state index is -0.0349. The van der Waals surface area contributed by atoms with E-state index in [0.717, 1.165) is 19.5 Å². The number of nitrogens with two attached hydrogens (primary N) is 1. The van der Waals surface area contributed by atoms with E-state index in [0.29, 0.717) is 17.6 Å². The van der Waals surface area contributed by atoms with Crippen molar-refractivity contribution in [2.75, 3.05) is 25.1 Å². The van der Waals surface area contributed by atoms with Gasteiger partial charge in [-0.05, 0) is 18.4 Å². The predicted molar refractivity (Wildman–Crippen MR) is 69.8 cm³/mol. The monoisotopic (exact) mass is 249 g/mol. The smallest absolute Gasteiger partial charge is 0.226 e. The number of rotatable bonds is 3. The molecule has 3 N–H and O–H groups in total. The molecule has 1 aliphatic heterocycles. The van der Waals surface area contributed by atoms with Crippen LogP contribution < -0.4 is 10.6 Å². The van der Waals surface area contributed by atoms with Gasteiger partial charge in [0, 0.05) is 26.4 Å². The Morgan fingerprint density at radius 3 is 3.06 bits per heavy atom. The summed E-state index contributed by atoms with van der Waals surface area (Å²) in [6.45, 7) is 3.87. The second-order valence-electron chi connectivity index (χ2n) is 4.64. The van der Waals surface area contributed by atoms with Crippen molar-refractivity contribution < 1.29 is 4.74 Å². The highest BCUT2D eigenvalue weighted by Gasteiger charge is 2.27. The van der Waals surface area contributed by atoms with Gasteiger partial charge in [0.1, 0.15) is 11.5 Å². The van der Waals surface area contributed by atoms with Crippen LogP contribution in [-0.4, -0.2) is 42.1 Å². The molecule has 0 radical (unpaired) electrons. The van der Waals surface area contributed by atoms with Crippen molar-refractivity contribution in [1.29, 1.82) is 5.41 Å². The Bertz CT molecular complexity index is 436. The molecular formula is C12H19N5O. The van der Waals surface area contributed by atoms with Crippen molar-refractivity contribution in [1.82, 2.24) is 9.97 Å². The summed E-state index contributed by atoms with van der Waals surface area (Å²) in [5, 5.41) is 7.40. The van der Waals surface area contributed by atoms with Gasteiger partial charge >= 0.3 is 0 Å². The third kappa shape index (κ3) is 2.59. The second kappa shape index (κ2) is 5.30. The first kappa shape index (κ1) is 12.8. The lowest BCUT2D eigenvalue weighted by molar-refractivity contribution is 0.0494. The molecule has 0 saturated carbocycles. The zero-order valence-electron chi connectivity index (χ0n) is 10.8. The average molecular weight is 249 g/mol. The van der Waals surface area contributed by atoms with Gasteiger partial charge in [-0.1, -0.05) is 6.92 Å². The van der Waals surface area contributed by atoms with E-state index >= 15 is 0 Å². The van der Waals surface area contributed by atoms with Gasteiger partial charge < -0.3 is 15.4 Å². The van der Waals surface area contributed by atoms with Crippen LogP contribution >= 0.6 is 0 Å². The highest BCUT2D eigenvalue weighted by Crippen LogP contribution is 2.22. The van der Waals surface area contributed by atoms with Gasteiger partial charge in [0.2, 0.25) is 5.95 Å². The number of amidine groups is 1. The van der Waals surface area contributed by atoms with Gasteiger partial charge in [0.15, 0.2) is 0 Å². The van der Waals surface area contributed by atoms with Crippen molar-refractivity contribution in [3.05, 3.63) is 18.0 Å². The number of ether oxygens (including phenoxy) is 1. The summed E-state index contributed by atoms with van der Waals surface area (Å²) < 4.78 is 5.47. The van der Waals surface area contributed by atoms with Crippen molar-refractivity contribution >= 4 is 11.8 Å². The minimum absolute atomic E-state index is 0.0349. The first-order valence-corrected chi connectivity index (χ1v) is 6.07. The number of nitrogens with one attached hydrogen (secondary N) is 1. The number of methoxy groups -OCH3 is 1. The number of piperidine rings is 1. The summed E-state index contributed by atoms with van der Waals surface area (Å²) >= 11 is 0. The summed E-state index contributed by atoms with van der Waals surface area (Å²) in [6.07, 6.45) is 2.88. The van der Waals surface area contributed by atoms with Gasteiger partial charge in [-0.25, -0.2) is 9.97 Å². The van der Waals surface area contributed by atoms with Crippen LogP contribution in [-0.2, 0) is 4.74 Å². The molecule has 2 heterocycles. The number of anilines is 1. The minimum Gasteiger partial charge on any atom is -0.382 e. The van der Waals surface area contributed by atoms with Crippen LogP contribution in [0.2, 0.25) is 0 Å². The molecule has 0 amide bonds. The first-order valence-electron chi connectivity index (χ1n) is 6.07. The van der Waals surface area contributed by atoms with E-state index in [9.17, 15) is 0 Å². The molecule has 0 spiro atoms. The Hall–Kier alpha value is -1.69. The molecule has 2 atom stereocenters. The molecule has 2 rings (SSSR count). The van der Waals surface area contributed by atoms with Gasteiger partial charge in [-0.2, -0.15) is 0 Å². The number of nitrogen functional groups attached to an aromatic ring is 1. The predicted octanol–water partition coefficient (Wildman–Crippen LogP) is 0.622. The quantitative estimate of drug-likeness (QED) is 0.605. The molecule has 1 aromatic rings. The Morgan fingerprint density at radius 2 is 2.39 bits per heavy atom. The number of hydrogen-bond donors (Lipinski definition) is 2. The number of aromatic nitrogens is 2. The average Bonchev–Trinajstić information content (AvgIpc) is 2.39. The zero-order valence-corrected chi connectivity index (χ0v) is 10.8. The molecule has 6 heteroatoms. The maximum Gasteiger partial charge on any atom is 0.226 e. The van der Waals surface area contributed by atoms with Gasteiger partial charge in [-0.15, -0.1) is 0 Å². The fourth-order valence-electron chi connectivity index (χ4n) is 2.17. The third-order valence-corrected chi connectivity index (χ3v) is 3.39. The van der Waals surface area contributed by atoms with E-state index in [-0.39, 0.29) is 11.9 Å². The number of hydrogen-bond acceptors (Lipinski definition) is 5. The van der Waals surface area contributed by atoms with Crippen LogP contribution in [0.5, 0.6) is 0 Å². The van der Waals surface area contributed by atoms with Crippen LogP contribution in [0.25, 0.3) is 0 Å². The molecule has 1 aliphatic rings. The number of nitrogens with zero attached hydrogens (tertiary/aromatic N) is 3. The van der Waals surface area contributed by atoms with Crippen LogP contribution in [0.15, 0.2) is 12.3 Å². The molecule has 1 aromatic heterocycles. The molecule has 98 valence electrons. The third-order valence-electron chi connectivity index (χ3n) is 3.39. The van der Waals surface area contributed by atoms with Crippen LogP contribution in [0.4, 0.5) is 5.95 Å². The lowest BCUT2D eigenvalue weighted by Gasteiger charge is -2.36. The molecule has 6 nitrogen and oxygen atoms in total. The van der Waals surface area contributed by atoms with Crippen LogP contribution in [0, 0.1) is 11.3 Å².